The highest BCUT2D eigenvalue weighted by molar-refractivity contribution is 8.00. The van der Waals surface area contributed by atoms with Gasteiger partial charge >= 0.3 is 5.97 Å². The summed E-state index contributed by atoms with van der Waals surface area (Å²) in [4.78, 5) is 15.0. The third kappa shape index (κ3) is 3.43. The molecule has 5 heteroatoms. The van der Waals surface area contributed by atoms with Crippen LogP contribution >= 0.6 is 23.1 Å². The number of nitrogens with zero attached hydrogens (tertiary/aromatic N) is 1. The lowest BCUT2D eigenvalue weighted by molar-refractivity contribution is -0.136. The molecule has 106 valence electrons. The second kappa shape index (κ2) is 6.28. The van der Waals surface area contributed by atoms with Gasteiger partial charge in [0.1, 0.15) is 4.34 Å². The summed E-state index contributed by atoms with van der Waals surface area (Å²) in [6.45, 7) is 0. The van der Waals surface area contributed by atoms with Crippen molar-refractivity contribution in [1.82, 2.24) is 4.98 Å². The van der Waals surface area contributed by atoms with E-state index >= 15 is 0 Å². The second-order valence-electron chi connectivity index (χ2n) is 4.60. The van der Waals surface area contributed by atoms with Crippen molar-refractivity contribution in [2.75, 3.05) is 0 Å². The molecule has 1 aromatic heterocycles. The predicted octanol–water partition coefficient (Wildman–Crippen LogP) is 4.22. The SMILES string of the molecule is O=C(O)Cc1csc(SCc2cccc3ccccc23)n1. The zero-order valence-electron chi connectivity index (χ0n) is 11.2. The lowest BCUT2D eigenvalue weighted by Gasteiger charge is -2.04. The first-order chi connectivity index (χ1) is 10.2. The summed E-state index contributed by atoms with van der Waals surface area (Å²) in [6.07, 6.45) is -0.00860. The zero-order chi connectivity index (χ0) is 14.7. The van der Waals surface area contributed by atoms with Crippen molar-refractivity contribution in [2.24, 2.45) is 0 Å². The van der Waals surface area contributed by atoms with Gasteiger partial charge < -0.3 is 5.11 Å². The van der Waals surface area contributed by atoms with Crippen LogP contribution in [0, 0.1) is 0 Å². The monoisotopic (exact) mass is 315 g/mol. The minimum absolute atomic E-state index is 0.00860. The van der Waals surface area contributed by atoms with Crippen LogP contribution in [0.15, 0.2) is 52.2 Å². The van der Waals surface area contributed by atoms with Gasteiger partial charge in [0.25, 0.3) is 0 Å². The fourth-order valence-corrected chi connectivity index (χ4v) is 4.00. The number of thioether (sulfide) groups is 1. The van der Waals surface area contributed by atoms with Crippen LogP contribution in [-0.4, -0.2) is 16.1 Å². The first kappa shape index (κ1) is 14.1. The normalized spacial score (nSPS) is 10.9. The van der Waals surface area contributed by atoms with E-state index in [1.165, 1.54) is 27.7 Å². The topological polar surface area (TPSA) is 50.2 Å². The van der Waals surface area contributed by atoms with Crippen molar-refractivity contribution in [3.63, 3.8) is 0 Å². The Hall–Kier alpha value is -1.85. The minimum Gasteiger partial charge on any atom is -0.481 e. The van der Waals surface area contributed by atoms with Crippen molar-refractivity contribution in [2.45, 2.75) is 16.5 Å². The Labute approximate surface area is 130 Å². The Bertz CT molecular complexity index is 777. The van der Waals surface area contributed by atoms with Crippen LogP contribution in [-0.2, 0) is 17.0 Å². The molecule has 0 aliphatic carbocycles. The number of carboxylic acid groups (broad SMARTS) is 1. The van der Waals surface area contributed by atoms with Crippen molar-refractivity contribution in [3.05, 3.63) is 59.1 Å². The molecular formula is C16H13NO2S2. The number of aliphatic carboxylic acids is 1. The number of aromatic nitrogens is 1. The van der Waals surface area contributed by atoms with E-state index < -0.39 is 5.97 Å². The van der Waals surface area contributed by atoms with Gasteiger partial charge in [-0.1, -0.05) is 54.2 Å². The summed E-state index contributed by atoms with van der Waals surface area (Å²) in [5.74, 6) is -0.00706. The number of rotatable bonds is 5. The van der Waals surface area contributed by atoms with Crippen molar-refractivity contribution >= 4 is 39.8 Å². The summed E-state index contributed by atoms with van der Waals surface area (Å²) >= 11 is 3.16. The van der Waals surface area contributed by atoms with Gasteiger partial charge in [-0.2, -0.15) is 0 Å². The number of thiazole rings is 1. The summed E-state index contributed by atoms with van der Waals surface area (Å²) in [5.41, 5.74) is 1.90. The molecule has 0 spiro atoms. The van der Waals surface area contributed by atoms with E-state index in [9.17, 15) is 4.79 Å². The quantitative estimate of drug-likeness (QED) is 0.716. The van der Waals surface area contributed by atoms with Crippen LogP contribution in [0.25, 0.3) is 10.8 Å². The Morgan fingerprint density at radius 1 is 1.19 bits per heavy atom. The van der Waals surface area contributed by atoms with E-state index in [2.05, 4.69) is 35.3 Å². The van der Waals surface area contributed by atoms with E-state index in [0.717, 1.165) is 10.1 Å². The molecule has 3 aromatic rings. The number of carboxylic acids is 1. The summed E-state index contributed by atoms with van der Waals surface area (Å²) in [7, 11) is 0. The van der Waals surface area contributed by atoms with Gasteiger partial charge in [0.15, 0.2) is 0 Å². The largest absolute Gasteiger partial charge is 0.481 e. The Kier molecular flexibility index (Phi) is 4.22. The number of fused-ring (bicyclic) bond motifs is 1. The molecule has 0 amide bonds. The van der Waals surface area contributed by atoms with Crippen molar-refractivity contribution < 1.29 is 9.90 Å². The molecule has 0 atom stereocenters. The lowest BCUT2D eigenvalue weighted by atomic mass is 10.1. The molecule has 0 saturated heterocycles. The van der Waals surface area contributed by atoms with Crippen LogP contribution in [0.5, 0.6) is 0 Å². The van der Waals surface area contributed by atoms with Crippen LogP contribution < -0.4 is 0 Å². The van der Waals surface area contributed by atoms with Gasteiger partial charge in [-0.25, -0.2) is 4.98 Å². The molecule has 21 heavy (non-hydrogen) atoms. The average molecular weight is 315 g/mol. The van der Waals surface area contributed by atoms with Crippen LogP contribution in [0.3, 0.4) is 0 Å². The third-order valence-corrected chi connectivity index (χ3v) is 5.21. The van der Waals surface area contributed by atoms with E-state index in [1.54, 1.807) is 11.8 Å². The lowest BCUT2D eigenvalue weighted by Crippen LogP contribution is -1.99. The smallest absolute Gasteiger partial charge is 0.309 e. The summed E-state index contributed by atoms with van der Waals surface area (Å²) in [6, 6.07) is 14.6. The van der Waals surface area contributed by atoms with E-state index in [-0.39, 0.29) is 6.42 Å². The molecule has 1 heterocycles. The molecule has 0 aliphatic heterocycles. The Morgan fingerprint density at radius 3 is 2.86 bits per heavy atom. The summed E-state index contributed by atoms with van der Waals surface area (Å²) < 4.78 is 0.916. The van der Waals surface area contributed by atoms with E-state index in [4.69, 9.17) is 5.11 Å². The van der Waals surface area contributed by atoms with Crippen molar-refractivity contribution in [3.8, 4) is 0 Å². The van der Waals surface area contributed by atoms with Crippen LogP contribution in [0.2, 0.25) is 0 Å². The van der Waals surface area contributed by atoms with Crippen molar-refractivity contribution in [1.29, 1.82) is 0 Å². The van der Waals surface area contributed by atoms with Gasteiger partial charge in [-0.3, -0.25) is 4.79 Å². The highest BCUT2D eigenvalue weighted by atomic mass is 32.2. The van der Waals surface area contributed by atoms with Gasteiger partial charge in [0, 0.05) is 11.1 Å². The molecule has 0 aliphatic rings. The Balaban J connectivity index is 1.74. The summed E-state index contributed by atoms with van der Waals surface area (Å²) in [5, 5.41) is 13.1. The predicted molar refractivity (Wildman–Crippen MR) is 87.0 cm³/mol. The minimum atomic E-state index is -0.842. The molecule has 2 aromatic carbocycles. The zero-order valence-corrected chi connectivity index (χ0v) is 12.8. The molecule has 0 unspecified atom stereocenters. The maximum absolute atomic E-state index is 10.7. The average Bonchev–Trinajstić information content (AvgIpc) is 2.92. The molecule has 3 nitrogen and oxygen atoms in total. The van der Waals surface area contributed by atoms with Crippen LogP contribution in [0.4, 0.5) is 0 Å². The fourth-order valence-electron chi connectivity index (χ4n) is 2.15. The molecule has 0 radical (unpaired) electrons. The highest BCUT2D eigenvalue weighted by Crippen LogP contribution is 2.29. The van der Waals surface area contributed by atoms with Crippen LogP contribution in [0.1, 0.15) is 11.3 Å². The molecular weight excluding hydrogens is 302 g/mol. The second-order valence-corrected chi connectivity index (χ2v) is 6.68. The first-order valence-electron chi connectivity index (χ1n) is 6.48. The molecule has 0 fully saturated rings. The number of hydrogen-bond donors (Lipinski definition) is 1. The third-order valence-electron chi connectivity index (χ3n) is 3.09. The first-order valence-corrected chi connectivity index (χ1v) is 8.34. The van der Waals surface area contributed by atoms with Gasteiger partial charge in [-0.15, -0.1) is 11.3 Å². The maximum atomic E-state index is 10.7. The molecule has 3 rings (SSSR count). The standard InChI is InChI=1S/C16H13NO2S2/c18-15(19)8-13-10-21-16(17-13)20-9-12-6-3-5-11-4-1-2-7-14(11)12/h1-7,10H,8-9H2,(H,18,19). The molecule has 1 N–H and O–H groups in total. The van der Waals surface area contributed by atoms with Gasteiger partial charge in [0.2, 0.25) is 0 Å². The van der Waals surface area contributed by atoms with E-state index in [0.29, 0.717) is 5.69 Å². The van der Waals surface area contributed by atoms with E-state index in [1.807, 2.05) is 17.5 Å². The number of benzene rings is 2. The fraction of sp³-hybridized carbons (Fsp3) is 0.125. The number of hydrogen-bond acceptors (Lipinski definition) is 4. The Morgan fingerprint density at radius 2 is 2.00 bits per heavy atom. The maximum Gasteiger partial charge on any atom is 0.309 e. The number of carbonyl (C=O) groups is 1. The molecule has 0 bridgehead atoms. The van der Waals surface area contributed by atoms with Gasteiger partial charge in [-0.05, 0) is 16.3 Å². The highest BCUT2D eigenvalue weighted by Gasteiger charge is 2.07. The van der Waals surface area contributed by atoms with Gasteiger partial charge in [0.05, 0.1) is 12.1 Å². The molecule has 0 saturated carbocycles.